The lowest BCUT2D eigenvalue weighted by Gasteiger charge is -2.73. The fourth-order valence-electron chi connectivity index (χ4n) is 11.2. The number of ketones is 2. The van der Waals surface area contributed by atoms with E-state index in [1.165, 1.54) is 0 Å². The van der Waals surface area contributed by atoms with E-state index in [1.54, 1.807) is 6.92 Å². The summed E-state index contributed by atoms with van der Waals surface area (Å²) in [5.41, 5.74) is -3.06. The minimum absolute atomic E-state index is 0.0490. The van der Waals surface area contributed by atoms with E-state index in [-0.39, 0.29) is 53.0 Å². The van der Waals surface area contributed by atoms with Crippen LogP contribution in [0.5, 0.6) is 0 Å². The molecule has 0 aromatic heterocycles. The predicted molar refractivity (Wildman–Crippen MR) is 130 cm³/mol. The summed E-state index contributed by atoms with van der Waals surface area (Å²) in [5.74, 6) is -1.15. The van der Waals surface area contributed by atoms with Crippen molar-refractivity contribution < 1.29 is 29.7 Å². The quantitative estimate of drug-likeness (QED) is 0.536. The minimum Gasteiger partial charge on any atom is -0.481 e. The van der Waals surface area contributed by atoms with Gasteiger partial charge in [-0.15, -0.1) is 0 Å². The van der Waals surface area contributed by atoms with Crippen molar-refractivity contribution in [3.63, 3.8) is 0 Å². The molecule has 6 nitrogen and oxygen atoms in total. The van der Waals surface area contributed by atoms with Crippen LogP contribution in [0.4, 0.5) is 0 Å². The highest BCUT2D eigenvalue weighted by Gasteiger charge is 2.76. The summed E-state index contributed by atoms with van der Waals surface area (Å²) in [4.78, 5) is 38.4. The third-order valence-corrected chi connectivity index (χ3v) is 13.2. The van der Waals surface area contributed by atoms with Crippen LogP contribution in [-0.4, -0.2) is 45.1 Å². The molecule has 35 heavy (non-hydrogen) atoms. The van der Waals surface area contributed by atoms with Gasteiger partial charge < -0.3 is 15.3 Å². The third kappa shape index (κ3) is 2.76. The molecule has 5 saturated carbocycles. The molecule has 5 rings (SSSR count). The van der Waals surface area contributed by atoms with Gasteiger partial charge in [0.25, 0.3) is 0 Å². The largest absolute Gasteiger partial charge is 0.481 e. The van der Waals surface area contributed by atoms with Gasteiger partial charge in [0.05, 0.1) is 17.6 Å². The molecule has 5 aliphatic carbocycles. The first kappa shape index (κ1) is 25.4. The molecule has 0 heterocycles. The maximum Gasteiger partial charge on any atom is 0.310 e. The normalized spacial score (nSPS) is 54.7. The van der Waals surface area contributed by atoms with E-state index in [2.05, 4.69) is 20.8 Å². The van der Waals surface area contributed by atoms with E-state index in [0.29, 0.717) is 25.7 Å². The summed E-state index contributed by atoms with van der Waals surface area (Å²) in [7, 11) is 0. The SMILES string of the molecule is CC(=O)[C@@H]1CC[C@]2(C(=O)O)C[C@H](O)[C@]3(C)[C@H](CC[C@@H]4[C@@]5(C)CCC(=O)C(C)(C)[C@@H]5C[C@H](O)[C@]43C)[C@@H]12. The highest BCUT2D eigenvalue weighted by Crippen LogP contribution is 2.77. The fraction of sp³-hybridized carbons (Fsp3) is 0.897. The number of hydrogen-bond acceptors (Lipinski definition) is 5. The number of aliphatic hydroxyl groups is 2. The molecule has 0 radical (unpaired) electrons. The van der Waals surface area contributed by atoms with E-state index in [1.807, 2.05) is 13.8 Å². The van der Waals surface area contributed by atoms with Crippen LogP contribution in [0.25, 0.3) is 0 Å². The first-order valence-corrected chi connectivity index (χ1v) is 13.7. The molecular formula is C29H44O6. The molecule has 0 saturated heterocycles. The predicted octanol–water partition coefficient (Wildman–Crippen LogP) is 4.25. The lowest BCUT2D eigenvalue weighted by atomic mass is 9.31. The molecule has 5 aliphatic rings. The number of hydrogen-bond donors (Lipinski definition) is 3. The zero-order chi connectivity index (χ0) is 25.9. The zero-order valence-electron chi connectivity index (χ0n) is 22.3. The Hall–Kier alpha value is -1.27. The Labute approximate surface area is 209 Å². The molecular weight excluding hydrogens is 444 g/mol. The Morgan fingerprint density at radius 2 is 1.54 bits per heavy atom. The van der Waals surface area contributed by atoms with Crippen LogP contribution < -0.4 is 0 Å². The number of rotatable bonds is 2. The standard InChI is InChI=1S/C29H44O6/c1-15(30)16-9-12-29(24(34)35)14-22(33)27(5)17(23(16)29)7-8-18-26(4)11-10-20(31)25(2,3)19(26)13-21(32)28(18,27)6/h16-19,21-23,32-33H,7-14H2,1-6H3,(H,34,35)/t16-,17+,18+,19-,21-,22-,23+,26+,27-,28-,29-/m0/s1. The highest BCUT2D eigenvalue weighted by molar-refractivity contribution is 5.85. The number of fused-ring (bicyclic) bond motifs is 7. The molecule has 3 N–H and O–H groups in total. The monoisotopic (exact) mass is 488 g/mol. The van der Waals surface area contributed by atoms with Gasteiger partial charge in [0.1, 0.15) is 11.6 Å². The van der Waals surface area contributed by atoms with Gasteiger partial charge >= 0.3 is 5.97 Å². The topological polar surface area (TPSA) is 112 Å². The number of aliphatic carboxylic acids is 1. The van der Waals surface area contributed by atoms with Crippen molar-refractivity contribution in [2.45, 2.75) is 105 Å². The number of carboxylic acid groups (broad SMARTS) is 1. The van der Waals surface area contributed by atoms with Crippen LogP contribution in [0.1, 0.15) is 92.9 Å². The molecule has 0 bridgehead atoms. The Morgan fingerprint density at radius 3 is 2.14 bits per heavy atom. The van der Waals surface area contributed by atoms with Crippen LogP contribution in [-0.2, 0) is 14.4 Å². The molecule has 5 fully saturated rings. The maximum absolute atomic E-state index is 12.9. The van der Waals surface area contributed by atoms with Gasteiger partial charge in [-0.2, -0.15) is 0 Å². The Bertz CT molecular complexity index is 972. The molecule has 0 amide bonds. The van der Waals surface area contributed by atoms with Crippen molar-refractivity contribution in [2.75, 3.05) is 0 Å². The second-order valence-electron chi connectivity index (χ2n) is 14.2. The van der Waals surface area contributed by atoms with Gasteiger partial charge in [0.15, 0.2) is 0 Å². The van der Waals surface area contributed by atoms with Crippen molar-refractivity contribution in [1.82, 2.24) is 0 Å². The van der Waals surface area contributed by atoms with Crippen molar-refractivity contribution in [3.8, 4) is 0 Å². The number of aliphatic hydroxyl groups excluding tert-OH is 2. The second kappa shape index (κ2) is 7.40. The van der Waals surface area contributed by atoms with Gasteiger partial charge in [-0.25, -0.2) is 0 Å². The second-order valence-corrected chi connectivity index (χ2v) is 14.2. The first-order valence-electron chi connectivity index (χ1n) is 13.7. The average molecular weight is 489 g/mol. The number of Topliss-reactive ketones (excluding diaryl/α,β-unsaturated/α-hetero) is 2. The molecule has 0 aromatic carbocycles. The maximum atomic E-state index is 12.9. The third-order valence-electron chi connectivity index (χ3n) is 13.2. The van der Waals surface area contributed by atoms with Crippen LogP contribution >= 0.6 is 0 Å². The average Bonchev–Trinajstić information content (AvgIpc) is 3.16. The van der Waals surface area contributed by atoms with Crippen LogP contribution in [0, 0.1) is 56.7 Å². The van der Waals surface area contributed by atoms with Gasteiger partial charge in [-0.3, -0.25) is 14.4 Å². The Balaban J connectivity index is 1.65. The molecule has 0 spiro atoms. The molecule has 11 atom stereocenters. The number of carboxylic acids is 1. The van der Waals surface area contributed by atoms with Crippen molar-refractivity contribution in [2.24, 2.45) is 56.7 Å². The van der Waals surface area contributed by atoms with E-state index in [9.17, 15) is 29.7 Å². The van der Waals surface area contributed by atoms with E-state index in [0.717, 1.165) is 19.3 Å². The molecule has 0 aliphatic heterocycles. The molecule has 0 aromatic rings. The summed E-state index contributed by atoms with van der Waals surface area (Å²) >= 11 is 0. The Morgan fingerprint density at radius 1 is 0.886 bits per heavy atom. The lowest BCUT2D eigenvalue weighted by molar-refractivity contribution is -0.297. The lowest BCUT2D eigenvalue weighted by Crippen LogP contribution is -2.73. The molecule has 196 valence electrons. The van der Waals surface area contributed by atoms with Crippen LogP contribution in [0.3, 0.4) is 0 Å². The number of carbonyl (C=O) groups is 3. The highest BCUT2D eigenvalue weighted by atomic mass is 16.4. The fourth-order valence-corrected chi connectivity index (χ4v) is 11.2. The minimum atomic E-state index is -1.07. The summed E-state index contributed by atoms with van der Waals surface area (Å²) in [6, 6.07) is 0. The summed E-state index contributed by atoms with van der Waals surface area (Å²) in [5, 5.41) is 34.2. The van der Waals surface area contributed by atoms with Crippen molar-refractivity contribution >= 4 is 17.5 Å². The van der Waals surface area contributed by atoms with Crippen LogP contribution in [0.2, 0.25) is 0 Å². The van der Waals surface area contributed by atoms with Crippen molar-refractivity contribution in [3.05, 3.63) is 0 Å². The van der Waals surface area contributed by atoms with E-state index >= 15 is 0 Å². The number of carbonyl (C=O) groups excluding carboxylic acids is 2. The van der Waals surface area contributed by atoms with Gasteiger partial charge in [-0.1, -0.05) is 34.6 Å². The summed E-state index contributed by atoms with van der Waals surface area (Å²) in [6.07, 6.45) is 2.99. The molecule has 6 heteroatoms. The van der Waals surface area contributed by atoms with Crippen LogP contribution in [0.15, 0.2) is 0 Å². The van der Waals surface area contributed by atoms with Crippen molar-refractivity contribution in [1.29, 1.82) is 0 Å². The molecule has 0 unspecified atom stereocenters. The van der Waals surface area contributed by atoms with E-state index < -0.39 is 39.8 Å². The first-order chi connectivity index (χ1) is 16.1. The zero-order valence-corrected chi connectivity index (χ0v) is 22.3. The van der Waals surface area contributed by atoms with Gasteiger partial charge in [-0.05, 0) is 81.0 Å². The van der Waals surface area contributed by atoms with E-state index in [4.69, 9.17) is 0 Å². The van der Waals surface area contributed by atoms with Gasteiger partial charge in [0.2, 0.25) is 0 Å². The summed E-state index contributed by atoms with van der Waals surface area (Å²) < 4.78 is 0. The Kier molecular flexibility index (Phi) is 5.37. The smallest absolute Gasteiger partial charge is 0.310 e. The summed E-state index contributed by atoms with van der Waals surface area (Å²) in [6.45, 7) is 12.2. The van der Waals surface area contributed by atoms with Gasteiger partial charge in [0, 0.05) is 28.6 Å².